The summed E-state index contributed by atoms with van der Waals surface area (Å²) < 4.78 is 0. The van der Waals surface area contributed by atoms with Crippen LogP contribution >= 0.6 is 46.6 Å². The minimum atomic E-state index is -0.700. The van der Waals surface area contributed by atoms with Gasteiger partial charge in [-0.05, 0) is 60.9 Å². The summed E-state index contributed by atoms with van der Waals surface area (Å²) in [6, 6.07) is 21.6. The van der Waals surface area contributed by atoms with Crippen LogP contribution in [-0.4, -0.2) is 34.6 Å². The number of rotatable bonds is 11. The Morgan fingerprint density at radius 2 is 1.61 bits per heavy atom. The fourth-order valence-corrected chi connectivity index (χ4v) is 4.82. The summed E-state index contributed by atoms with van der Waals surface area (Å²) in [7, 11) is 0. The van der Waals surface area contributed by atoms with Crippen molar-refractivity contribution in [1.82, 2.24) is 10.2 Å². The van der Waals surface area contributed by atoms with Gasteiger partial charge in [0, 0.05) is 28.9 Å². The lowest BCUT2D eigenvalue weighted by Gasteiger charge is -2.32. The molecule has 0 aromatic heterocycles. The monoisotopic (exact) mass is 562 g/mol. The van der Waals surface area contributed by atoms with Gasteiger partial charge in [0.25, 0.3) is 0 Å². The van der Waals surface area contributed by atoms with Crippen molar-refractivity contribution < 1.29 is 9.59 Å². The van der Waals surface area contributed by atoms with Crippen molar-refractivity contribution in [3.05, 3.63) is 99.0 Å². The van der Waals surface area contributed by atoms with Crippen molar-refractivity contribution in [1.29, 1.82) is 0 Å². The smallest absolute Gasteiger partial charge is 0.243 e. The number of nitrogens with zero attached hydrogens (tertiary/aromatic N) is 1. The van der Waals surface area contributed by atoms with Crippen LogP contribution in [0.3, 0.4) is 0 Å². The van der Waals surface area contributed by atoms with Crippen molar-refractivity contribution in [2.24, 2.45) is 0 Å². The zero-order chi connectivity index (χ0) is 26.1. The third-order valence-corrected chi connectivity index (χ3v) is 7.77. The highest BCUT2D eigenvalue weighted by atomic mass is 35.5. The molecule has 2 atom stereocenters. The van der Waals surface area contributed by atoms with Crippen LogP contribution in [0.15, 0.2) is 77.7 Å². The lowest BCUT2D eigenvalue weighted by molar-refractivity contribution is -0.139. The number of amides is 2. The Bertz CT molecular complexity index is 1160. The topological polar surface area (TPSA) is 49.4 Å². The normalized spacial score (nSPS) is 12.6. The summed E-state index contributed by atoms with van der Waals surface area (Å²) in [6.45, 7) is 4.19. The van der Waals surface area contributed by atoms with E-state index in [9.17, 15) is 9.59 Å². The van der Waals surface area contributed by atoms with E-state index in [0.29, 0.717) is 21.5 Å². The second kappa shape index (κ2) is 13.9. The van der Waals surface area contributed by atoms with E-state index in [2.05, 4.69) is 5.32 Å². The van der Waals surface area contributed by atoms with Crippen molar-refractivity contribution in [2.45, 2.75) is 50.2 Å². The average Bonchev–Trinajstić information content (AvgIpc) is 2.88. The maximum atomic E-state index is 13.7. The quantitative estimate of drug-likeness (QED) is 0.249. The molecule has 0 spiro atoms. The molecule has 2 amide bonds. The second-order valence-electron chi connectivity index (χ2n) is 8.54. The van der Waals surface area contributed by atoms with Gasteiger partial charge in [0.15, 0.2) is 0 Å². The standard InChI is InChI=1S/C28H29Cl3N2O2S/c1-3-19(2)32-28(35)26(16-20-7-5-4-6-8-20)33(17-21-9-14-24(30)25(31)15-21)27(34)18-36-23-12-10-22(29)11-13-23/h4-15,19,26H,3,16-18H2,1-2H3,(H,32,35)/t19-,26+/m1/s1. The predicted octanol–water partition coefficient (Wildman–Crippen LogP) is 7.29. The largest absolute Gasteiger partial charge is 0.352 e. The van der Waals surface area contributed by atoms with Gasteiger partial charge in [-0.1, -0.05) is 78.1 Å². The van der Waals surface area contributed by atoms with Crippen LogP contribution in [0.25, 0.3) is 0 Å². The predicted molar refractivity (Wildman–Crippen MR) is 151 cm³/mol. The Morgan fingerprint density at radius 1 is 0.917 bits per heavy atom. The van der Waals surface area contributed by atoms with Crippen LogP contribution < -0.4 is 5.32 Å². The molecule has 0 unspecified atom stereocenters. The van der Waals surface area contributed by atoms with Crippen molar-refractivity contribution >= 4 is 58.4 Å². The minimum absolute atomic E-state index is 0.0128. The maximum absolute atomic E-state index is 13.7. The molecular formula is C28H29Cl3N2O2S. The van der Waals surface area contributed by atoms with E-state index < -0.39 is 6.04 Å². The fourth-order valence-electron chi connectivity index (χ4n) is 3.59. The van der Waals surface area contributed by atoms with Crippen molar-refractivity contribution in [3.63, 3.8) is 0 Å². The Morgan fingerprint density at radius 3 is 2.25 bits per heavy atom. The van der Waals surface area contributed by atoms with E-state index in [1.165, 1.54) is 11.8 Å². The summed E-state index contributed by atoms with van der Waals surface area (Å²) in [5.41, 5.74) is 1.77. The molecule has 36 heavy (non-hydrogen) atoms. The molecule has 0 fully saturated rings. The number of benzene rings is 3. The van der Waals surface area contributed by atoms with Crippen LogP contribution in [0, 0.1) is 0 Å². The molecule has 190 valence electrons. The van der Waals surface area contributed by atoms with E-state index in [4.69, 9.17) is 34.8 Å². The molecular weight excluding hydrogens is 535 g/mol. The zero-order valence-electron chi connectivity index (χ0n) is 20.2. The number of nitrogens with one attached hydrogen (secondary N) is 1. The van der Waals surface area contributed by atoms with E-state index in [-0.39, 0.29) is 30.2 Å². The second-order valence-corrected chi connectivity index (χ2v) is 10.8. The van der Waals surface area contributed by atoms with Crippen LogP contribution in [0.1, 0.15) is 31.4 Å². The van der Waals surface area contributed by atoms with Gasteiger partial charge in [-0.2, -0.15) is 0 Å². The molecule has 3 aromatic carbocycles. The number of carbonyl (C=O) groups excluding carboxylic acids is 2. The lowest BCUT2D eigenvalue weighted by Crippen LogP contribution is -2.52. The summed E-state index contributed by atoms with van der Waals surface area (Å²) in [5, 5.41) is 4.55. The molecule has 0 saturated carbocycles. The molecule has 1 N–H and O–H groups in total. The first-order chi connectivity index (χ1) is 17.3. The molecule has 0 aliphatic rings. The SMILES string of the molecule is CC[C@@H](C)NC(=O)[C@H](Cc1ccccc1)N(Cc1ccc(Cl)c(Cl)c1)C(=O)CSc1ccc(Cl)cc1. The summed E-state index contributed by atoms with van der Waals surface area (Å²) in [5.74, 6) is -0.162. The van der Waals surface area contributed by atoms with E-state index in [1.54, 1.807) is 29.2 Å². The first kappa shape index (κ1) is 28.4. The minimum Gasteiger partial charge on any atom is -0.352 e. The molecule has 0 aliphatic heterocycles. The van der Waals surface area contributed by atoms with Gasteiger partial charge in [-0.15, -0.1) is 11.8 Å². The molecule has 0 radical (unpaired) electrons. The van der Waals surface area contributed by atoms with Gasteiger partial charge < -0.3 is 10.2 Å². The Kier molecular flexibility index (Phi) is 11.0. The first-order valence-corrected chi connectivity index (χ1v) is 13.8. The van der Waals surface area contributed by atoms with Gasteiger partial charge in [-0.25, -0.2) is 0 Å². The molecule has 0 saturated heterocycles. The molecule has 0 heterocycles. The van der Waals surface area contributed by atoms with Crippen LogP contribution in [0.5, 0.6) is 0 Å². The number of halogens is 3. The third-order valence-electron chi connectivity index (χ3n) is 5.79. The van der Waals surface area contributed by atoms with Crippen LogP contribution in [-0.2, 0) is 22.6 Å². The lowest BCUT2D eigenvalue weighted by atomic mass is 10.0. The Balaban J connectivity index is 1.92. The summed E-state index contributed by atoms with van der Waals surface area (Å²) in [4.78, 5) is 29.8. The van der Waals surface area contributed by atoms with E-state index in [0.717, 1.165) is 22.4 Å². The Labute approximate surface area is 232 Å². The summed E-state index contributed by atoms with van der Waals surface area (Å²) in [6.07, 6.45) is 1.18. The highest BCUT2D eigenvalue weighted by Gasteiger charge is 2.31. The highest BCUT2D eigenvalue weighted by Crippen LogP contribution is 2.26. The number of carbonyl (C=O) groups is 2. The van der Waals surface area contributed by atoms with Crippen molar-refractivity contribution in [3.8, 4) is 0 Å². The molecule has 8 heteroatoms. The molecule has 0 aliphatic carbocycles. The number of thioether (sulfide) groups is 1. The first-order valence-electron chi connectivity index (χ1n) is 11.7. The van der Waals surface area contributed by atoms with Gasteiger partial charge >= 0.3 is 0 Å². The zero-order valence-corrected chi connectivity index (χ0v) is 23.3. The molecule has 3 aromatic rings. The van der Waals surface area contributed by atoms with Crippen LogP contribution in [0.4, 0.5) is 0 Å². The van der Waals surface area contributed by atoms with Crippen LogP contribution in [0.2, 0.25) is 15.1 Å². The van der Waals surface area contributed by atoms with Gasteiger partial charge in [-0.3, -0.25) is 9.59 Å². The fraction of sp³-hybridized carbons (Fsp3) is 0.286. The van der Waals surface area contributed by atoms with Gasteiger partial charge in [0.1, 0.15) is 6.04 Å². The third kappa shape index (κ3) is 8.45. The van der Waals surface area contributed by atoms with Crippen molar-refractivity contribution in [2.75, 3.05) is 5.75 Å². The molecule has 4 nitrogen and oxygen atoms in total. The maximum Gasteiger partial charge on any atom is 0.243 e. The van der Waals surface area contributed by atoms with Gasteiger partial charge in [0.05, 0.1) is 15.8 Å². The number of hydrogen-bond acceptors (Lipinski definition) is 3. The van der Waals surface area contributed by atoms with Gasteiger partial charge in [0.2, 0.25) is 11.8 Å². The number of hydrogen-bond donors (Lipinski definition) is 1. The highest BCUT2D eigenvalue weighted by molar-refractivity contribution is 8.00. The summed E-state index contributed by atoms with van der Waals surface area (Å²) >= 11 is 19.8. The Hall–Kier alpha value is -2.18. The van der Waals surface area contributed by atoms with E-state index >= 15 is 0 Å². The van der Waals surface area contributed by atoms with E-state index in [1.807, 2.05) is 62.4 Å². The molecule has 0 bridgehead atoms. The average molecular weight is 564 g/mol. The molecule has 3 rings (SSSR count).